The number of likely N-dealkylation sites (N-methyl/N-ethyl adjacent to an activating group) is 1. The molecule has 1 rings (SSSR count). The summed E-state index contributed by atoms with van der Waals surface area (Å²) >= 11 is 0. The smallest absolute Gasteiger partial charge is 0.0334 e. The molecule has 0 aromatic rings. The molecule has 1 aliphatic rings. The maximum atomic E-state index is 6.17. The van der Waals surface area contributed by atoms with Gasteiger partial charge in [-0.1, -0.05) is 52.9 Å². The summed E-state index contributed by atoms with van der Waals surface area (Å²) in [6, 6.07) is 0. The summed E-state index contributed by atoms with van der Waals surface area (Å²) in [5, 5.41) is 0. The fraction of sp³-hybridized carbons (Fsp3) is 1.00. The first-order valence-electron chi connectivity index (χ1n) is 8.13. The first kappa shape index (κ1) is 16.0. The third kappa shape index (κ3) is 4.24. The molecule has 18 heavy (non-hydrogen) atoms. The second-order valence-corrected chi connectivity index (χ2v) is 6.27. The number of rotatable bonds is 8. The summed E-state index contributed by atoms with van der Waals surface area (Å²) < 4.78 is 0. The van der Waals surface area contributed by atoms with Gasteiger partial charge in [0.05, 0.1) is 0 Å². The summed E-state index contributed by atoms with van der Waals surface area (Å²) in [6.45, 7) is 10.2. The minimum atomic E-state index is 0.318. The lowest BCUT2D eigenvalue weighted by Gasteiger charge is -2.47. The van der Waals surface area contributed by atoms with Crippen LogP contribution in [-0.4, -0.2) is 30.1 Å². The van der Waals surface area contributed by atoms with Gasteiger partial charge < -0.3 is 5.73 Å². The molecule has 2 N–H and O–H groups in total. The summed E-state index contributed by atoms with van der Waals surface area (Å²) in [7, 11) is 0. The number of unbranched alkanes of at least 4 members (excludes halogenated alkanes) is 3. The van der Waals surface area contributed by atoms with Crippen LogP contribution in [0.25, 0.3) is 0 Å². The maximum Gasteiger partial charge on any atom is 0.0334 e. The summed E-state index contributed by atoms with van der Waals surface area (Å²) in [5.41, 5.74) is 6.48. The van der Waals surface area contributed by atoms with Gasteiger partial charge in [0.15, 0.2) is 0 Å². The normalized spacial score (nSPS) is 28.8. The Kier molecular flexibility index (Phi) is 7.25. The van der Waals surface area contributed by atoms with Gasteiger partial charge in [0.2, 0.25) is 0 Å². The monoisotopic (exact) mass is 254 g/mol. The first-order valence-corrected chi connectivity index (χ1v) is 8.13. The van der Waals surface area contributed by atoms with Crippen molar-refractivity contribution >= 4 is 0 Å². The van der Waals surface area contributed by atoms with Crippen LogP contribution < -0.4 is 5.73 Å². The van der Waals surface area contributed by atoms with Crippen molar-refractivity contribution in [1.82, 2.24) is 4.90 Å². The summed E-state index contributed by atoms with van der Waals surface area (Å²) in [4.78, 5) is 2.69. The molecule has 0 aliphatic heterocycles. The van der Waals surface area contributed by atoms with Crippen LogP contribution in [0.3, 0.4) is 0 Å². The fourth-order valence-electron chi connectivity index (χ4n) is 3.69. The zero-order valence-electron chi connectivity index (χ0n) is 12.9. The van der Waals surface area contributed by atoms with E-state index in [-0.39, 0.29) is 0 Å². The van der Waals surface area contributed by atoms with Gasteiger partial charge in [0.1, 0.15) is 0 Å². The van der Waals surface area contributed by atoms with E-state index in [2.05, 4.69) is 25.7 Å². The Morgan fingerprint density at radius 2 is 2.00 bits per heavy atom. The molecule has 1 aliphatic carbocycles. The number of nitrogens with zero attached hydrogens (tertiary/aromatic N) is 1. The quantitative estimate of drug-likeness (QED) is 0.668. The third-order valence-corrected chi connectivity index (χ3v) is 4.78. The van der Waals surface area contributed by atoms with Gasteiger partial charge in [-0.3, -0.25) is 4.90 Å². The highest BCUT2D eigenvalue weighted by Crippen LogP contribution is 2.36. The zero-order chi connectivity index (χ0) is 13.4. The van der Waals surface area contributed by atoms with Crippen molar-refractivity contribution in [2.75, 3.05) is 19.6 Å². The molecule has 2 nitrogen and oxygen atoms in total. The van der Waals surface area contributed by atoms with Crippen molar-refractivity contribution in [3.8, 4) is 0 Å². The molecule has 1 saturated carbocycles. The minimum absolute atomic E-state index is 0.318. The molecule has 0 amide bonds. The number of hydrogen-bond acceptors (Lipinski definition) is 2. The Morgan fingerprint density at radius 1 is 1.22 bits per heavy atom. The third-order valence-electron chi connectivity index (χ3n) is 4.78. The Labute approximate surface area is 114 Å². The highest BCUT2D eigenvalue weighted by Gasteiger charge is 2.37. The van der Waals surface area contributed by atoms with E-state index in [4.69, 9.17) is 5.73 Å². The van der Waals surface area contributed by atoms with Crippen molar-refractivity contribution in [2.45, 2.75) is 77.7 Å². The number of nitrogens with two attached hydrogens (primary N) is 1. The lowest BCUT2D eigenvalue weighted by molar-refractivity contribution is 0.0418. The van der Waals surface area contributed by atoms with E-state index in [0.717, 1.165) is 19.0 Å². The van der Waals surface area contributed by atoms with E-state index in [1.165, 1.54) is 57.9 Å². The Balaban J connectivity index is 2.53. The molecular formula is C16H34N2. The van der Waals surface area contributed by atoms with Crippen LogP contribution in [0.15, 0.2) is 0 Å². The van der Waals surface area contributed by atoms with E-state index >= 15 is 0 Å². The highest BCUT2D eigenvalue weighted by atomic mass is 15.2. The Hall–Kier alpha value is -0.0800. The van der Waals surface area contributed by atoms with Crippen LogP contribution in [0.4, 0.5) is 0 Å². The Morgan fingerprint density at radius 3 is 2.56 bits per heavy atom. The predicted molar refractivity (Wildman–Crippen MR) is 80.8 cm³/mol. The van der Waals surface area contributed by atoms with E-state index in [1.807, 2.05) is 0 Å². The first-order chi connectivity index (χ1) is 8.68. The van der Waals surface area contributed by atoms with Gasteiger partial charge >= 0.3 is 0 Å². The minimum Gasteiger partial charge on any atom is -0.329 e. The standard InChI is InChI=1S/C16H34N2/c1-4-6-7-8-12-18(5-2)16(14-17)11-9-10-15(3)13-16/h15H,4-14,17H2,1-3H3. The second kappa shape index (κ2) is 8.16. The largest absolute Gasteiger partial charge is 0.329 e. The molecule has 2 atom stereocenters. The molecule has 1 fully saturated rings. The van der Waals surface area contributed by atoms with Gasteiger partial charge in [-0.05, 0) is 38.3 Å². The van der Waals surface area contributed by atoms with Crippen molar-refractivity contribution in [1.29, 1.82) is 0 Å². The molecule has 0 bridgehead atoms. The molecule has 0 aromatic heterocycles. The predicted octanol–water partition coefficient (Wildman–Crippen LogP) is 3.80. The van der Waals surface area contributed by atoms with Gasteiger partial charge in [-0.2, -0.15) is 0 Å². The van der Waals surface area contributed by atoms with Crippen molar-refractivity contribution in [2.24, 2.45) is 11.7 Å². The molecule has 0 aromatic carbocycles. The average molecular weight is 254 g/mol. The van der Waals surface area contributed by atoms with Gasteiger partial charge in [0, 0.05) is 12.1 Å². The second-order valence-electron chi connectivity index (χ2n) is 6.27. The van der Waals surface area contributed by atoms with Crippen LogP contribution in [-0.2, 0) is 0 Å². The highest BCUT2D eigenvalue weighted by molar-refractivity contribution is 4.95. The molecule has 0 saturated heterocycles. The maximum absolute atomic E-state index is 6.17. The van der Waals surface area contributed by atoms with Crippen molar-refractivity contribution < 1.29 is 0 Å². The van der Waals surface area contributed by atoms with E-state index < -0.39 is 0 Å². The van der Waals surface area contributed by atoms with E-state index in [9.17, 15) is 0 Å². The molecule has 0 heterocycles. The fourth-order valence-corrected chi connectivity index (χ4v) is 3.69. The van der Waals surface area contributed by atoms with E-state index in [0.29, 0.717) is 5.54 Å². The van der Waals surface area contributed by atoms with Crippen LogP contribution in [0.1, 0.15) is 72.1 Å². The van der Waals surface area contributed by atoms with Crippen LogP contribution >= 0.6 is 0 Å². The topological polar surface area (TPSA) is 29.3 Å². The summed E-state index contributed by atoms with van der Waals surface area (Å²) in [5.74, 6) is 0.854. The molecule has 108 valence electrons. The molecule has 0 radical (unpaired) electrons. The van der Waals surface area contributed by atoms with Gasteiger partial charge in [-0.25, -0.2) is 0 Å². The summed E-state index contributed by atoms with van der Waals surface area (Å²) in [6.07, 6.45) is 10.8. The van der Waals surface area contributed by atoms with Crippen LogP contribution in [0, 0.1) is 5.92 Å². The van der Waals surface area contributed by atoms with Gasteiger partial charge in [-0.15, -0.1) is 0 Å². The Bertz CT molecular complexity index is 217. The average Bonchev–Trinajstić information content (AvgIpc) is 2.38. The zero-order valence-corrected chi connectivity index (χ0v) is 12.9. The molecule has 2 unspecified atom stereocenters. The molecular weight excluding hydrogens is 220 g/mol. The van der Waals surface area contributed by atoms with Crippen molar-refractivity contribution in [3.05, 3.63) is 0 Å². The molecule has 0 spiro atoms. The van der Waals surface area contributed by atoms with Crippen LogP contribution in [0.5, 0.6) is 0 Å². The van der Waals surface area contributed by atoms with Crippen molar-refractivity contribution in [3.63, 3.8) is 0 Å². The number of hydrogen-bond donors (Lipinski definition) is 1. The van der Waals surface area contributed by atoms with Crippen LogP contribution in [0.2, 0.25) is 0 Å². The molecule has 2 heteroatoms. The van der Waals surface area contributed by atoms with E-state index in [1.54, 1.807) is 0 Å². The van der Waals surface area contributed by atoms with Gasteiger partial charge in [0.25, 0.3) is 0 Å². The lowest BCUT2D eigenvalue weighted by atomic mass is 9.75. The SMILES string of the molecule is CCCCCCN(CC)C1(CN)CCCC(C)C1. The lowest BCUT2D eigenvalue weighted by Crippen LogP contribution is -2.56.